The molecule has 1 aliphatic heterocycles. The fourth-order valence-electron chi connectivity index (χ4n) is 1.46. The number of benzene rings is 1. The van der Waals surface area contributed by atoms with Gasteiger partial charge in [0.15, 0.2) is 0 Å². The molecule has 3 nitrogen and oxygen atoms in total. The Morgan fingerprint density at radius 3 is 3.07 bits per heavy atom. The number of rotatable bonds is 2. The molecule has 0 aliphatic carbocycles. The first kappa shape index (κ1) is 9.52. The van der Waals surface area contributed by atoms with Gasteiger partial charge in [-0.25, -0.2) is 0 Å². The molecule has 74 valence electrons. The van der Waals surface area contributed by atoms with Gasteiger partial charge in [0.2, 0.25) is 0 Å². The highest BCUT2D eigenvalue weighted by Crippen LogP contribution is 2.26. The van der Waals surface area contributed by atoms with Crippen LogP contribution < -0.4 is 10.2 Å². The Bertz CT molecular complexity index is 365. The van der Waals surface area contributed by atoms with Crippen LogP contribution in [0.4, 0.5) is 0 Å². The van der Waals surface area contributed by atoms with Crippen molar-refractivity contribution in [3.63, 3.8) is 0 Å². The normalized spacial score (nSPS) is 20.1. The van der Waals surface area contributed by atoms with Crippen molar-refractivity contribution in [2.24, 2.45) is 5.10 Å². The lowest BCUT2D eigenvalue weighted by Gasteiger charge is -2.10. The SMILES string of the molecule is COc1cccc(C2CC(Br)=NN2)c1. The number of nitrogens with one attached hydrogen (secondary N) is 1. The molecule has 1 atom stereocenters. The van der Waals surface area contributed by atoms with Gasteiger partial charge >= 0.3 is 0 Å². The molecule has 4 heteroatoms. The van der Waals surface area contributed by atoms with E-state index in [0.29, 0.717) is 0 Å². The zero-order valence-electron chi connectivity index (χ0n) is 7.83. The minimum Gasteiger partial charge on any atom is -0.497 e. The number of halogens is 1. The summed E-state index contributed by atoms with van der Waals surface area (Å²) in [6.45, 7) is 0. The third-order valence-corrected chi connectivity index (χ3v) is 2.71. The second-order valence-corrected chi connectivity index (χ2v) is 4.07. The molecule has 1 heterocycles. The van der Waals surface area contributed by atoms with E-state index in [1.165, 1.54) is 5.56 Å². The van der Waals surface area contributed by atoms with Crippen LogP contribution in [-0.4, -0.2) is 11.7 Å². The second-order valence-electron chi connectivity index (χ2n) is 3.15. The van der Waals surface area contributed by atoms with Gasteiger partial charge in [-0.15, -0.1) is 0 Å². The highest BCUT2D eigenvalue weighted by atomic mass is 79.9. The van der Waals surface area contributed by atoms with Crippen LogP contribution >= 0.6 is 15.9 Å². The van der Waals surface area contributed by atoms with Gasteiger partial charge in [0.1, 0.15) is 10.4 Å². The molecule has 1 aliphatic rings. The van der Waals surface area contributed by atoms with Crippen molar-refractivity contribution in [1.29, 1.82) is 0 Å². The van der Waals surface area contributed by atoms with E-state index in [4.69, 9.17) is 4.74 Å². The lowest BCUT2D eigenvalue weighted by molar-refractivity contribution is 0.413. The van der Waals surface area contributed by atoms with Crippen molar-refractivity contribution in [1.82, 2.24) is 5.43 Å². The van der Waals surface area contributed by atoms with Crippen molar-refractivity contribution >= 4 is 20.6 Å². The number of methoxy groups -OCH3 is 1. The Labute approximate surface area is 91.3 Å². The summed E-state index contributed by atoms with van der Waals surface area (Å²) in [7, 11) is 1.67. The molecule has 1 N–H and O–H groups in total. The summed E-state index contributed by atoms with van der Waals surface area (Å²) < 4.78 is 6.13. The molecule has 14 heavy (non-hydrogen) atoms. The minimum atomic E-state index is 0.263. The maximum Gasteiger partial charge on any atom is 0.119 e. The van der Waals surface area contributed by atoms with E-state index < -0.39 is 0 Å². The lowest BCUT2D eigenvalue weighted by atomic mass is 10.1. The van der Waals surface area contributed by atoms with Gasteiger partial charge in [-0.1, -0.05) is 12.1 Å². The van der Waals surface area contributed by atoms with Crippen LogP contribution in [0.3, 0.4) is 0 Å². The molecule has 1 aromatic carbocycles. The molecule has 2 rings (SSSR count). The van der Waals surface area contributed by atoms with Crippen molar-refractivity contribution < 1.29 is 4.74 Å². The zero-order valence-corrected chi connectivity index (χ0v) is 9.41. The molecule has 0 amide bonds. The van der Waals surface area contributed by atoms with Crippen LogP contribution in [0.2, 0.25) is 0 Å². The Balaban J connectivity index is 2.17. The molecule has 1 aromatic rings. The summed E-state index contributed by atoms with van der Waals surface area (Å²) in [6.07, 6.45) is 0.896. The molecule has 0 fully saturated rings. The van der Waals surface area contributed by atoms with Gasteiger partial charge in [-0.2, -0.15) is 5.10 Å². The highest BCUT2D eigenvalue weighted by Gasteiger charge is 2.18. The molecule has 0 radical (unpaired) electrons. The van der Waals surface area contributed by atoms with Crippen LogP contribution in [0.1, 0.15) is 18.0 Å². The summed E-state index contributed by atoms with van der Waals surface area (Å²) in [5, 5.41) is 4.09. The van der Waals surface area contributed by atoms with Gasteiger partial charge in [0.25, 0.3) is 0 Å². The average Bonchev–Trinajstić information content (AvgIpc) is 2.65. The van der Waals surface area contributed by atoms with Crippen LogP contribution in [0.25, 0.3) is 0 Å². The van der Waals surface area contributed by atoms with E-state index >= 15 is 0 Å². The number of nitrogens with zero attached hydrogens (tertiary/aromatic N) is 1. The summed E-state index contributed by atoms with van der Waals surface area (Å²) in [4.78, 5) is 0. The quantitative estimate of drug-likeness (QED) is 0.880. The van der Waals surface area contributed by atoms with E-state index in [0.717, 1.165) is 16.8 Å². The fourth-order valence-corrected chi connectivity index (χ4v) is 1.88. The van der Waals surface area contributed by atoms with Crippen molar-refractivity contribution in [3.8, 4) is 5.75 Å². The van der Waals surface area contributed by atoms with Gasteiger partial charge < -0.3 is 10.2 Å². The Morgan fingerprint density at radius 2 is 2.43 bits per heavy atom. The van der Waals surface area contributed by atoms with E-state index in [1.807, 2.05) is 18.2 Å². The predicted molar refractivity (Wildman–Crippen MR) is 59.8 cm³/mol. The first-order valence-corrected chi connectivity index (χ1v) is 5.20. The van der Waals surface area contributed by atoms with Crippen LogP contribution in [0.5, 0.6) is 5.75 Å². The number of hydrazone groups is 1. The largest absolute Gasteiger partial charge is 0.497 e. The summed E-state index contributed by atoms with van der Waals surface area (Å²) >= 11 is 3.37. The summed E-state index contributed by atoms with van der Waals surface area (Å²) in [5.74, 6) is 0.882. The van der Waals surface area contributed by atoms with Gasteiger partial charge in [-0.05, 0) is 33.6 Å². The smallest absolute Gasteiger partial charge is 0.119 e. The molecule has 0 aromatic heterocycles. The Morgan fingerprint density at radius 1 is 1.57 bits per heavy atom. The molecule has 0 spiro atoms. The first-order chi connectivity index (χ1) is 6.79. The summed E-state index contributed by atoms with van der Waals surface area (Å²) in [5.41, 5.74) is 4.26. The van der Waals surface area contributed by atoms with Crippen LogP contribution in [-0.2, 0) is 0 Å². The van der Waals surface area contributed by atoms with Gasteiger partial charge in [-0.3, -0.25) is 0 Å². The topological polar surface area (TPSA) is 33.6 Å². The molecule has 0 bridgehead atoms. The molecular formula is C10H11BrN2O. The van der Waals surface area contributed by atoms with Crippen molar-refractivity contribution in [3.05, 3.63) is 29.8 Å². The Hall–Kier alpha value is -1.03. The third-order valence-electron chi connectivity index (χ3n) is 2.21. The minimum absolute atomic E-state index is 0.263. The standard InChI is InChI=1S/C10H11BrN2O/c1-14-8-4-2-3-7(5-8)9-6-10(11)13-12-9/h2-5,9,12H,6H2,1H3. The van der Waals surface area contributed by atoms with E-state index in [1.54, 1.807) is 7.11 Å². The average molecular weight is 255 g/mol. The molecule has 0 saturated heterocycles. The van der Waals surface area contributed by atoms with Gasteiger partial charge in [0, 0.05) is 6.42 Å². The number of hydrogen-bond donors (Lipinski definition) is 1. The number of hydrogen-bond acceptors (Lipinski definition) is 3. The Kier molecular flexibility index (Phi) is 2.72. The van der Waals surface area contributed by atoms with E-state index in [2.05, 4.69) is 32.5 Å². The van der Waals surface area contributed by atoms with Crippen LogP contribution in [0.15, 0.2) is 29.4 Å². The third kappa shape index (κ3) is 1.90. The molecule has 0 saturated carbocycles. The molecule has 1 unspecified atom stereocenters. The monoisotopic (exact) mass is 254 g/mol. The first-order valence-electron chi connectivity index (χ1n) is 4.41. The second kappa shape index (κ2) is 4.00. The van der Waals surface area contributed by atoms with Crippen LogP contribution in [0, 0.1) is 0 Å². The highest BCUT2D eigenvalue weighted by molar-refractivity contribution is 9.18. The van der Waals surface area contributed by atoms with Crippen molar-refractivity contribution in [2.45, 2.75) is 12.5 Å². The maximum atomic E-state index is 5.16. The molecular weight excluding hydrogens is 244 g/mol. The zero-order chi connectivity index (χ0) is 9.97. The van der Waals surface area contributed by atoms with E-state index in [-0.39, 0.29) is 6.04 Å². The number of ether oxygens (including phenoxy) is 1. The predicted octanol–water partition coefficient (Wildman–Crippen LogP) is 2.44. The van der Waals surface area contributed by atoms with Gasteiger partial charge in [0.05, 0.1) is 13.2 Å². The summed E-state index contributed by atoms with van der Waals surface area (Å²) in [6, 6.07) is 8.29. The lowest BCUT2D eigenvalue weighted by Crippen LogP contribution is -2.09. The maximum absolute atomic E-state index is 5.16. The van der Waals surface area contributed by atoms with E-state index in [9.17, 15) is 0 Å². The fraction of sp³-hybridized carbons (Fsp3) is 0.300. The van der Waals surface area contributed by atoms with Crippen molar-refractivity contribution in [2.75, 3.05) is 7.11 Å².